The van der Waals surface area contributed by atoms with Crippen molar-refractivity contribution in [3.05, 3.63) is 30.7 Å². The third kappa shape index (κ3) is 2.50. The molecule has 122 valence electrons. The van der Waals surface area contributed by atoms with Gasteiger partial charge in [0.2, 0.25) is 0 Å². The zero-order valence-electron chi connectivity index (χ0n) is 13.4. The Morgan fingerprint density at radius 3 is 2.79 bits per heavy atom. The standard InChI is InChI=1S/C17H19N7/c1-4-14(5-1)23-11-15(20-22-23)17-19-16(13-3-2-8-18-9-13)21-24(17)10-12-6-7-12/h2-3,8-9,11-12,14H,1,4-7,10H2. The average Bonchev–Trinajstić information content (AvgIpc) is 3.08. The minimum absolute atomic E-state index is 0.504. The highest BCUT2D eigenvalue weighted by Crippen LogP contribution is 2.34. The third-order valence-corrected chi connectivity index (χ3v) is 4.91. The Morgan fingerprint density at radius 1 is 1.17 bits per heavy atom. The van der Waals surface area contributed by atoms with Crippen molar-refractivity contribution in [3.8, 4) is 22.9 Å². The summed E-state index contributed by atoms with van der Waals surface area (Å²) in [6.07, 6.45) is 11.8. The van der Waals surface area contributed by atoms with Crippen molar-refractivity contribution in [2.45, 2.75) is 44.7 Å². The summed E-state index contributed by atoms with van der Waals surface area (Å²) in [5, 5.41) is 13.4. The van der Waals surface area contributed by atoms with Crippen LogP contribution < -0.4 is 0 Å². The lowest BCUT2D eigenvalue weighted by Crippen LogP contribution is -2.17. The maximum atomic E-state index is 4.74. The summed E-state index contributed by atoms with van der Waals surface area (Å²) in [4.78, 5) is 8.91. The van der Waals surface area contributed by atoms with Gasteiger partial charge in [-0.25, -0.2) is 14.3 Å². The molecule has 2 aliphatic carbocycles. The van der Waals surface area contributed by atoms with Crippen LogP contribution in [0.15, 0.2) is 30.7 Å². The van der Waals surface area contributed by atoms with Crippen LogP contribution >= 0.6 is 0 Å². The van der Waals surface area contributed by atoms with Gasteiger partial charge in [-0.1, -0.05) is 5.21 Å². The lowest BCUT2D eigenvalue weighted by Gasteiger charge is -2.24. The summed E-state index contributed by atoms with van der Waals surface area (Å²) in [7, 11) is 0. The zero-order valence-corrected chi connectivity index (χ0v) is 13.4. The maximum Gasteiger partial charge on any atom is 0.183 e. The Labute approximate surface area is 139 Å². The number of pyridine rings is 1. The van der Waals surface area contributed by atoms with Crippen LogP contribution in [0.4, 0.5) is 0 Å². The second-order valence-corrected chi connectivity index (χ2v) is 6.79. The van der Waals surface area contributed by atoms with Crippen molar-refractivity contribution in [3.63, 3.8) is 0 Å². The van der Waals surface area contributed by atoms with Gasteiger partial charge in [-0.05, 0) is 50.2 Å². The van der Waals surface area contributed by atoms with E-state index in [1.807, 2.05) is 27.7 Å². The summed E-state index contributed by atoms with van der Waals surface area (Å²) in [6.45, 7) is 0.902. The van der Waals surface area contributed by atoms with Crippen LogP contribution in [-0.2, 0) is 6.54 Å². The van der Waals surface area contributed by atoms with Crippen molar-refractivity contribution in [1.82, 2.24) is 34.7 Å². The van der Waals surface area contributed by atoms with E-state index in [0.717, 1.165) is 23.6 Å². The Kier molecular flexibility index (Phi) is 3.17. The highest BCUT2D eigenvalue weighted by Gasteiger charge is 2.27. The second kappa shape index (κ2) is 5.51. The fourth-order valence-corrected chi connectivity index (χ4v) is 3.03. The summed E-state index contributed by atoms with van der Waals surface area (Å²) < 4.78 is 3.98. The van der Waals surface area contributed by atoms with Gasteiger partial charge in [0.1, 0.15) is 5.69 Å². The molecule has 0 amide bonds. The number of nitrogens with zero attached hydrogens (tertiary/aromatic N) is 7. The normalized spacial score (nSPS) is 17.8. The molecular weight excluding hydrogens is 302 g/mol. The van der Waals surface area contributed by atoms with Crippen LogP contribution in [-0.4, -0.2) is 34.7 Å². The molecule has 0 atom stereocenters. The first-order valence-electron chi connectivity index (χ1n) is 8.64. The average molecular weight is 321 g/mol. The lowest BCUT2D eigenvalue weighted by molar-refractivity contribution is 0.284. The van der Waals surface area contributed by atoms with Crippen LogP contribution in [0.5, 0.6) is 0 Å². The second-order valence-electron chi connectivity index (χ2n) is 6.79. The van der Waals surface area contributed by atoms with E-state index in [1.54, 1.807) is 12.4 Å². The molecule has 3 aromatic heterocycles. The SMILES string of the molecule is c1cncc(-c2nc(-c3cn(C4CCC4)nn3)n(CC3CC3)n2)c1. The Hall–Kier alpha value is -2.57. The van der Waals surface area contributed by atoms with E-state index in [9.17, 15) is 0 Å². The van der Waals surface area contributed by atoms with Gasteiger partial charge in [0.25, 0.3) is 0 Å². The van der Waals surface area contributed by atoms with E-state index < -0.39 is 0 Å². The molecule has 0 N–H and O–H groups in total. The van der Waals surface area contributed by atoms with Gasteiger partial charge < -0.3 is 0 Å². The third-order valence-electron chi connectivity index (χ3n) is 4.91. The first-order valence-corrected chi connectivity index (χ1v) is 8.64. The van der Waals surface area contributed by atoms with Gasteiger partial charge in [-0.2, -0.15) is 5.10 Å². The summed E-state index contributed by atoms with van der Waals surface area (Å²) >= 11 is 0. The number of hydrogen-bond acceptors (Lipinski definition) is 5. The molecule has 7 heteroatoms. The van der Waals surface area contributed by atoms with Crippen molar-refractivity contribution in [2.75, 3.05) is 0 Å². The Balaban J connectivity index is 1.52. The molecule has 2 aliphatic rings. The van der Waals surface area contributed by atoms with E-state index in [-0.39, 0.29) is 0 Å². The molecule has 24 heavy (non-hydrogen) atoms. The van der Waals surface area contributed by atoms with E-state index in [1.165, 1.54) is 32.1 Å². The Morgan fingerprint density at radius 2 is 2.08 bits per heavy atom. The van der Waals surface area contributed by atoms with Gasteiger partial charge in [-0.15, -0.1) is 5.10 Å². The van der Waals surface area contributed by atoms with Crippen LogP contribution in [0.2, 0.25) is 0 Å². The molecular formula is C17H19N7. The largest absolute Gasteiger partial charge is 0.264 e. The quantitative estimate of drug-likeness (QED) is 0.722. The predicted octanol–water partition coefficient (Wildman–Crippen LogP) is 2.73. The van der Waals surface area contributed by atoms with E-state index in [2.05, 4.69) is 15.3 Å². The fourth-order valence-electron chi connectivity index (χ4n) is 3.03. The minimum Gasteiger partial charge on any atom is -0.264 e. The molecule has 2 fully saturated rings. The number of hydrogen-bond donors (Lipinski definition) is 0. The monoisotopic (exact) mass is 321 g/mol. The van der Waals surface area contributed by atoms with Crippen molar-refractivity contribution < 1.29 is 0 Å². The highest BCUT2D eigenvalue weighted by molar-refractivity contribution is 5.58. The topological polar surface area (TPSA) is 74.3 Å². The smallest absolute Gasteiger partial charge is 0.183 e. The molecule has 7 nitrogen and oxygen atoms in total. The van der Waals surface area contributed by atoms with Crippen molar-refractivity contribution in [1.29, 1.82) is 0 Å². The molecule has 0 spiro atoms. The predicted molar refractivity (Wildman–Crippen MR) is 87.9 cm³/mol. The lowest BCUT2D eigenvalue weighted by atomic mass is 9.93. The highest BCUT2D eigenvalue weighted by atomic mass is 15.5. The van der Waals surface area contributed by atoms with Crippen LogP contribution in [0.3, 0.4) is 0 Å². The summed E-state index contributed by atoms with van der Waals surface area (Å²) in [6, 6.07) is 4.39. The minimum atomic E-state index is 0.504. The van der Waals surface area contributed by atoms with E-state index in [4.69, 9.17) is 10.1 Å². The number of rotatable bonds is 5. The Bertz CT molecular complexity index is 843. The molecule has 0 radical (unpaired) electrons. The van der Waals surface area contributed by atoms with E-state index in [0.29, 0.717) is 17.8 Å². The molecule has 5 rings (SSSR count). The molecule has 0 unspecified atom stereocenters. The van der Waals surface area contributed by atoms with Crippen molar-refractivity contribution in [2.24, 2.45) is 5.92 Å². The molecule has 0 aliphatic heterocycles. The van der Waals surface area contributed by atoms with Gasteiger partial charge in [0, 0.05) is 24.5 Å². The van der Waals surface area contributed by atoms with Crippen LogP contribution in [0.25, 0.3) is 22.9 Å². The zero-order chi connectivity index (χ0) is 15.9. The first kappa shape index (κ1) is 13.8. The summed E-state index contributed by atoms with van der Waals surface area (Å²) in [5.74, 6) is 2.23. The number of aromatic nitrogens is 7. The molecule has 3 heterocycles. The molecule has 2 saturated carbocycles. The molecule has 0 saturated heterocycles. The fraction of sp³-hybridized carbons (Fsp3) is 0.471. The molecule has 0 bridgehead atoms. The van der Waals surface area contributed by atoms with Gasteiger partial charge in [-0.3, -0.25) is 4.98 Å². The molecule has 0 aromatic carbocycles. The van der Waals surface area contributed by atoms with Crippen LogP contribution in [0, 0.1) is 5.92 Å². The molecule has 3 aromatic rings. The first-order chi connectivity index (χ1) is 11.9. The van der Waals surface area contributed by atoms with Gasteiger partial charge in [0.05, 0.1) is 12.2 Å². The van der Waals surface area contributed by atoms with Gasteiger partial charge >= 0.3 is 0 Å². The van der Waals surface area contributed by atoms with Crippen LogP contribution in [0.1, 0.15) is 38.1 Å². The van der Waals surface area contributed by atoms with E-state index >= 15 is 0 Å². The van der Waals surface area contributed by atoms with Gasteiger partial charge in [0.15, 0.2) is 11.6 Å². The summed E-state index contributed by atoms with van der Waals surface area (Å²) in [5.41, 5.74) is 1.74. The van der Waals surface area contributed by atoms with Crippen molar-refractivity contribution >= 4 is 0 Å². The maximum absolute atomic E-state index is 4.74.